The zero-order chi connectivity index (χ0) is 15.0. The minimum Gasteiger partial charge on any atom is -0.493 e. The molecular formula is C14H19NO5. The lowest BCUT2D eigenvalue weighted by atomic mass is 10.1. The maximum Gasteiger partial charge on any atom is 0.305 e. The lowest BCUT2D eigenvalue weighted by Crippen LogP contribution is -2.05. The van der Waals surface area contributed by atoms with Gasteiger partial charge in [-0.1, -0.05) is 5.16 Å². The molecule has 1 N–H and O–H groups in total. The molecule has 0 radical (unpaired) electrons. The van der Waals surface area contributed by atoms with Crippen LogP contribution in [0.4, 0.5) is 0 Å². The Morgan fingerprint density at radius 1 is 1.30 bits per heavy atom. The van der Waals surface area contributed by atoms with Crippen molar-refractivity contribution in [3.8, 4) is 11.5 Å². The first kappa shape index (κ1) is 15.8. The number of rotatable bonds is 7. The van der Waals surface area contributed by atoms with E-state index in [-0.39, 0.29) is 5.97 Å². The minimum atomic E-state index is -0.259. The molecule has 0 aromatic heterocycles. The van der Waals surface area contributed by atoms with E-state index in [4.69, 9.17) is 14.7 Å². The van der Waals surface area contributed by atoms with Crippen LogP contribution in [-0.2, 0) is 9.53 Å². The predicted molar refractivity (Wildman–Crippen MR) is 73.7 cm³/mol. The second-order valence-electron chi connectivity index (χ2n) is 4.08. The van der Waals surface area contributed by atoms with E-state index in [0.717, 1.165) is 5.56 Å². The molecule has 0 aliphatic rings. The topological polar surface area (TPSA) is 77.4 Å². The molecule has 0 spiro atoms. The van der Waals surface area contributed by atoms with Crippen molar-refractivity contribution in [3.63, 3.8) is 0 Å². The molecule has 6 nitrogen and oxygen atoms in total. The molecule has 1 aromatic carbocycles. The largest absolute Gasteiger partial charge is 0.493 e. The van der Waals surface area contributed by atoms with Gasteiger partial charge in [0, 0.05) is 12.0 Å². The quantitative estimate of drug-likeness (QED) is 0.272. The van der Waals surface area contributed by atoms with E-state index in [0.29, 0.717) is 36.7 Å². The van der Waals surface area contributed by atoms with Crippen LogP contribution in [0, 0.1) is 0 Å². The molecule has 20 heavy (non-hydrogen) atoms. The Bertz CT molecular complexity index is 484. The number of oxime groups is 1. The summed E-state index contributed by atoms with van der Waals surface area (Å²) in [5.41, 5.74) is 1.23. The van der Waals surface area contributed by atoms with Gasteiger partial charge < -0.3 is 19.4 Å². The van der Waals surface area contributed by atoms with Gasteiger partial charge in [-0.15, -0.1) is 0 Å². The Morgan fingerprint density at radius 3 is 2.65 bits per heavy atom. The molecule has 0 aliphatic carbocycles. The van der Waals surface area contributed by atoms with Crippen molar-refractivity contribution in [1.29, 1.82) is 0 Å². The fourth-order valence-corrected chi connectivity index (χ4v) is 1.57. The Kier molecular flexibility index (Phi) is 6.36. The van der Waals surface area contributed by atoms with Gasteiger partial charge >= 0.3 is 5.97 Å². The molecule has 0 saturated heterocycles. The van der Waals surface area contributed by atoms with Crippen LogP contribution in [0.25, 0.3) is 0 Å². The highest BCUT2D eigenvalue weighted by Gasteiger charge is 2.08. The third-order valence-corrected chi connectivity index (χ3v) is 2.74. The van der Waals surface area contributed by atoms with Crippen molar-refractivity contribution in [3.05, 3.63) is 23.8 Å². The fourth-order valence-electron chi connectivity index (χ4n) is 1.57. The van der Waals surface area contributed by atoms with Gasteiger partial charge in [0.05, 0.1) is 26.5 Å². The lowest BCUT2D eigenvalue weighted by Gasteiger charge is -2.11. The number of esters is 1. The number of ether oxygens (including phenoxy) is 3. The van der Waals surface area contributed by atoms with E-state index in [1.54, 1.807) is 25.1 Å². The number of nitrogens with zero attached hydrogens (tertiary/aromatic N) is 1. The zero-order valence-electron chi connectivity index (χ0n) is 11.9. The molecule has 110 valence electrons. The monoisotopic (exact) mass is 281 g/mol. The van der Waals surface area contributed by atoms with Crippen LogP contribution in [0.1, 0.15) is 25.3 Å². The van der Waals surface area contributed by atoms with Crippen LogP contribution >= 0.6 is 0 Å². The van der Waals surface area contributed by atoms with Crippen molar-refractivity contribution in [2.45, 2.75) is 19.8 Å². The van der Waals surface area contributed by atoms with Crippen LogP contribution in [0.3, 0.4) is 0 Å². The normalized spacial score (nSPS) is 11.1. The smallest absolute Gasteiger partial charge is 0.305 e. The molecule has 0 unspecified atom stereocenters. The molecule has 0 saturated carbocycles. The third-order valence-electron chi connectivity index (χ3n) is 2.74. The zero-order valence-corrected chi connectivity index (χ0v) is 11.9. The average Bonchev–Trinajstić information content (AvgIpc) is 2.50. The first-order chi connectivity index (χ1) is 9.62. The van der Waals surface area contributed by atoms with Gasteiger partial charge in [-0.05, 0) is 31.5 Å². The second-order valence-corrected chi connectivity index (χ2v) is 4.08. The highest BCUT2D eigenvalue weighted by atomic mass is 16.5. The van der Waals surface area contributed by atoms with E-state index in [2.05, 4.69) is 9.89 Å². The van der Waals surface area contributed by atoms with Gasteiger partial charge in [0.2, 0.25) is 0 Å². The van der Waals surface area contributed by atoms with Crippen molar-refractivity contribution < 1.29 is 24.2 Å². The Hall–Kier alpha value is -2.24. The SMILES string of the molecule is COC(=O)CCCOc1ccc(/C(C)=N/O)cc1OC. The molecule has 0 aliphatic heterocycles. The number of methoxy groups -OCH3 is 2. The number of benzene rings is 1. The summed E-state index contributed by atoms with van der Waals surface area (Å²) in [4.78, 5) is 11.0. The fraction of sp³-hybridized carbons (Fsp3) is 0.429. The van der Waals surface area contributed by atoms with Crippen LogP contribution in [-0.4, -0.2) is 37.7 Å². The van der Waals surface area contributed by atoms with Crippen LogP contribution in [0.2, 0.25) is 0 Å². The van der Waals surface area contributed by atoms with Gasteiger partial charge in [-0.3, -0.25) is 4.79 Å². The molecule has 1 aromatic rings. The molecule has 6 heteroatoms. The van der Waals surface area contributed by atoms with E-state index < -0.39 is 0 Å². The highest BCUT2D eigenvalue weighted by molar-refractivity contribution is 5.98. The van der Waals surface area contributed by atoms with Gasteiger partial charge in [0.15, 0.2) is 11.5 Å². The number of carbonyl (C=O) groups is 1. The van der Waals surface area contributed by atoms with Gasteiger partial charge in [-0.25, -0.2) is 0 Å². The minimum absolute atomic E-state index is 0.259. The molecule has 0 amide bonds. The van der Waals surface area contributed by atoms with Crippen LogP contribution in [0.5, 0.6) is 11.5 Å². The number of hydrogen-bond donors (Lipinski definition) is 1. The Labute approximate surface area is 117 Å². The summed E-state index contributed by atoms with van der Waals surface area (Å²) in [7, 11) is 2.89. The average molecular weight is 281 g/mol. The summed E-state index contributed by atoms with van der Waals surface area (Å²) >= 11 is 0. The van der Waals surface area contributed by atoms with Gasteiger partial charge in [-0.2, -0.15) is 0 Å². The lowest BCUT2D eigenvalue weighted by molar-refractivity contribution is -0.140. The Balaban J connectivity index is 2.64. The molecule has 0 fully saturated rings. The van der Waals surface area contributed by atoms with Crippen molar-refractivity contribution in [2.75, 3.05) is 20.8 Å². The van der Waals surface area contributed by atoms with E-state index >= 15 is 0 Å². The number of hydrogen-bond acceptors (Lipinski definition) is 6. The van der Waals surface area contributed by atoms with Gasteiger partial charge in [0.1, 0.15) is 0 Å². The molecule has 0 atom stereocenters. The first-order valence-electron chi connectivity index (χ1n) is 6.19. The molecule has 1 rings (SSSR count). The second kappa shape index (κ2) is 8.04. The van der Waals surface area contributed by atoms with Crippen LogP contribution < -0.4 is 9.47 Å². The molecular weight excluding hydrogens is 262 g/mol. The van der Waals surface area contributed by atoms with E-state index in [1.165, 1.54) is 14.2 Å². The third kappa shape index (κ3) is 4.46. The van der Waals surface area contributed by atoms with E-state index in [1.807, 2.05) is 0 Å². The summed E-state index contributed by atoms with van der Waals surface area (Å²) < 4.78 is 15.3. The first-order valence-corrected chi connectivity index (χ1v) is 6.19. The predicted octanol–water partition coefficient (Wildman–Crippen LogP) is 2.23. The number of carbonyl (C=O) groups excluding carboxylic acids is 1. The van der Waals surface area contributed by atoms with Crippen molar-refractivity contribution in [2.24, 2.45) is 5.16 Å². The standard InChI is InChI=1S/C14H19NO5/c1-10(15-17)11-6-7-12(13(9-11)18-2)20-8-4-5-14(16)19-3/h6-7,9,17H,4-5,8H2,1-3H3/b15-10+. The molecule has 0 bridgehead atoms. The van der Waals surface area contributed by atoms with Crippen molar-refractivity contribution in [1.82, 2.24) is 0 Å². The molecule has 0 heterocycles. The van der Waals surface area contributed by atoms with Crippen LogP contribution in [0.15, 0.2) is 23.4 Å². The summed E-state index contributed by atoms with van der Waals surface area (Å²) in [5, 5.41) is 11.9. The highest BCUT2D eigenvalue weighted by Crippen LogP contribution is 2.28. The maximum absolute atomic E-state index is 11.0. The Morgan fingerprint density at radius 2 is 2.05 bits per heavy atom. The van der Waals surface area contributed by atoms with Gasteiger partial charge in [0.25, 0.3) is 0 Å². The maximum atomic E-state index is 11.0. The van der Waals surface area contributed by atoms with E-state index in [9.17, 15) is 4.79 Å². The summed E-state index contributed by atoms with van der Waals surface area (Å²) in [5.74, 6) is 0.862. The summed E-state index contributed by atoms with van der Waals surface area (Å²) in [6, 6.07) is 5.24. The summed E-state index contributed by atoms with van der Waals surface area (Å²) in [6.07, 6.45) is 0.877. The summed E-state index contributed by atoms with van der Waals surface area (Å²) in [6.45, 7) is 2.07. The van der Waals surface area contributed by atoms with Crippen molar-refractivity contribution >= 4 is 11.7 Å².